The van der Waals surface area contributed by atoms with E-state index in [4.69, 9.17) is 11.6 Å². The number of unbranched alkanes of at least 4 members (excludes halogenated alkanes) is 1. The van der Waals surface area contributed by atoms with Gasteiger partial charge in [0.25, 0.3) is 11.8 Å². The Hall–Kier alpha value is -3.33. The normalized spacial score (nSPS) is 11.3. The number of carbonyl (C=O) groups excluding carboxylic acids is 2. The highest BCUT2D eigenvalue weighted by Gasteiger charge is 2.40. The van der Waals surface area contributed by atoms with E-state index < -0.39 is 29.2 Å². The van der Waals surface area contributed by atoms with Crippen molar-refractivity contribution < 1.29 is 22.8 Å². The van der Waals surface area contributed by atoms with Gasteiger partial charge in [-0.2, -0.15) is 18.3 Å². The first-order valence-corrected chi connectivity index (χ1v) is 10.6. The van der Waals surface area contributed by atoms with Crippen molar-refractivity contribution in [2.24, 2.45) is 0 Å². The van der Waals surface area contributed by atoms with Crippen molar-refractivity contribution in [2.75, 3.05) is 11.9 Å². The molecule has 0 fully saturated rings. The summed E-state index contributed by atoms with van der Waals surface area (Å²) >= 11 is 6.08. The Morgan fingerprint density at radius 1 is 1.09 bits per heavy atom. The molecule has 0 aliphatic carbocycles. The fourth-order valence-corrected chi connectivity index (χ4v) is 3.57. The molecule has 0 aliphatic heterocycles. The van der Waals surface area contributed by atoms with Gasteiger partial charge >= 0.3 is 6.18 Å². The van der Waals surface area contributed by atoms with Gasteiger partial charge in [-0.15, -0.1) is 0 Å². The summed E-state index contributed by atoms with van der Waals surface area (Å²) in [5.74, 6) is -1.53. The molecule has 33 heavy (non-hydrogen) atoms. The Bertz CT molecular complexity index is 1160. The van der Waals surface area contributed by atoms with Gasteiger partial charge in [-0.3, -0.25) is 9.59 Å². The van der Waals surface area contributed by atoms with Crippen LogP contribution in [0.1, 0.15) is 51.7 Å². The number of rotatable bonds is 7. The molecule has 1 heterocycles. The van der Waals surface area contributed by atoms with Crippen LogP contribution >= 0.6 is 11.6 Å². The fraction of sp³-hybridized carbons (Fsp3) is 0.261. The van der Waals surface area contributed by atoms with E-state index in [9.17, 15) is 22.8 Å². The number of carbonyl (C=O) groups is 2. The molecule has 2 N–H and O–H groups in total. The molecular weight excluding hydrogens is 457 g/mol. The number of benzene rings is 2. The van der Waals surface area contributed by atoms with E-state index in [-0.39, 0.29) is 22.0 Å². The Labute approximate surface area is 193 Å². The molecule has 0 atom stereocenters. The molecular formula is C23H22ClF3N4O2. The average molecular weight is 479 g/mol. The largest absolute Gasteiger partial charge is 0.434 e. The number of hydrogen-bond acceptors (Lipinski definition) is 3. The second kappa shape index (κ2) is 10.1. The van der Waals surface area contributed by atoms with Gasteiger partial charge in [-0.1, -0.05) is 43.1 Å². The maximum atomic E-state index is 13.9. The number of alkyl halides is 3. The molecule has 6 nitrogen and oxygen atoms in total. The van der Waals surface area contributed by atoms with Crippen molar-refractivity contribution in [1.82, 2.24) is 15.1 Å². The van der Waals surface area contributed by atoms with Crippen LogP contribution in [0.4, 0.5) is 18.9 Å². The van der Waals surface area contributed by atoms with Crippen LogP contribution in [0.3, 0.4) is 0 Å². The van der Waals surface area contributed by atoms with E-state index in [1.807, 2.05) is 6.92 Å². The molecule has 2 amide bonds. The second-order valence-electron chi connectivity index (χ2n) is 7.36. The molecule has 0 spiro atoms. The molecule has 0 aliphatic rings. The molecule has 174 valence electrons. The Morgan fingerprint density at radius 3 is 2.42 bits per heavy atom. The van der Waals surface area contributed by atoms with E-state index in [0.717, 1.165) is 19.0 Å². The van der Waals surface area contributed by atoms with Gasteiger partial charge < -0.3 is 10.6 Å². The van der Waals surface area contributed by atoms with Crippen molar-refractivity contribution in [2.45, 2.75) is 32.9 Å². The molecule has 0 radical (unpaired) electrons. The zero-order chi connectivity index (χ0) is 24.2. The number of hydrogen-bond donors (Lipinski definition) is 2. The number of amides is 2. The first kappa shape index (κ1) is 24.3. The lowest BCUT2D eigenvalue weighted by Crippen LogP contribution is -2.27. The zero-order valence-corrected chi connectivity index (χ0v) is 18.7. The molecule has 0 saturated carbocycles. The lowest BCUT2D eigenvalue weighted by atomic mass is 10.1. The zero-order valence-electron chi connectivity index (χ0n) is 18.0. The van der Waals surface area contributed by atoms with Crippen molar-refractivity contribution in [3.8, 4) is 5.69 Å². The number of anilines is 1. The number of aryl methyl sites for hydroxylation is 1. The first-order chi connectivity index (χ1) is 15.6. The SMILES string of the molecule is CCCCNC(=O)c1cc(Cl)cc(C)c1NC(=O)c1cnn(-c2ccccc2)c1C(F)(F)F. The number of halogens is 4. The summed E-state index contributed by atoms with van der Waals surface area (Å²) in [6.45, 7) is 3.98. The molecule has 1 aromatic heterocycles. The molecule has 0 saturated heterocycles. The monoisotopic (exact) mass is 478 g/mol. The van der Waals surface area contributed by atoms with Crippen LogP contribution < -0.4 is 10.6 Å². The van der Waals surface area contributed by atoms with Gasteiger partial charge in [0.15, 0.2) is 5.69 Å². The third-order valence-electron chi connectivity index (χ3n) is 4.88. The number of nitrogens with zero attached hydrogens (tertiary/aromatic N) is 2. The number of para-hydroxylation sites is 1. The summed E-state index contributed by atoms with van der Waals surface area (Å²) in [4.78, 5) is 25.6. The van der Waals surface area contributed by atoms with Crippen LogP contribution in [-0.2, 0) is 6.18 Å². The highest BCUT2D eigenvalue weighted by Crippen LogP contribution is 2.34. The van der Waals surface area contributed by atoms with Gasteiger partial charge in [-0.05, 0) is 43.2 Å². The van der Waals surface area contributed by atoms with Crippen molar-refractivity contribution in [1.29, 1.82) is 0 Å². The summed E-state index contributed by atoms with van der Waals surface area (Å²) in [6.07, 6.45) is -2.38. The van der Waals surface area contributed by atoms with Gasteiger partial charge in [-0.25, -0.2) is 4.68 Å². The number of nitrogens with one attached hydrogen (secondary N) is 2. The minimum atomic E-state index is -4.85. The predicted molar refractivity (Wildman–Crippen MR) is 120 cm³/mol. The summed E-state index contributed by atoms with van der Waals surface area (Å²) in [5, 5.41) is 9.24. The predicted octanol–water partition coefficient (Wildman–Crippen LogP) is 5.64. The van der Waals surface area contributed by atoms with E-state index in [0.29, 0.717) is 16.8 Å². The van der Waals surface area contributed by atoms with E-state index in [1.54, 1.807) is 25.1 Å². The van der Waals surface area contributed by atoms with Crippen LogP contribution in [0.5, 0.6) is 0 Å². The third kappa shape index (κ3) is 5.54. The summed E-state index contributed by atoms with van der Waals surface area (Å²) in [6, 6.07) is 10.6. The van der Waals surface area contributed by atoms with Gasteiger partial charge in [0.05, 0.1) is 28.7 Å². The maximum Gasteiger partial charge on any atom is 0.434 e. The minimum Gasteiger partial charge on any atom is -0.352 e. The van der Waals surface area contributed by atoms with Crippen molar-refractivity contribution >= 4 is 29.1 Å². The van der Waals surface area contributed by atoms with Crippen molar-refractivity contribution in [3.05, 3.63) is 76.1 Å². The Balaban J connectivity index is 2.00. The van der Waals surface area contributed by atoms with E-state index >= 15 is 0 Å². The quantitative estimate of drug-likeness (QED) is 0.432. The molecule has 0 unspecified atom stereocenters. The van der Waals surface area contributed by atoms with Crippen LogP contribution in [0, 0.1) is 6.92 Å². The molecule has 3 rings (SSSR count). The number of aromatic nitrogens is 2. The molecule has 3 aromatic rings. The fourth-order valence-electron chi connectivity index (χ4n) is 3.30. The summed E-state index contributed by atoms with van der Waals surface area (Å²) in [5.41, 5.74) is -1.15. The Morgan fingerprint density at radius 2 is 1.79 bits per heavy atom. The van der Waals surface area contributed by atoms with Crippen LogP contribution in [0.2, 0.25) is 5.02 Å². The highest BCUT2D eigenvalue weighted by atomic mass is 35.5. The molecule has 10 heteroatoms. The van der Waals surface area contributed by atoms with E-state index in [2.05, 4.69) is 15.7 Å². The molecule has 0 bridgehead atoms. The van der Waals surface area contributed by atoms with Crippen LogP contribution in [0.25, 0.3) is 5.69 Å². The summed E-state index contributed by atoms with van der Waals surface area (Å²) < 4.78 is 42.4. The van der Waals surface area contributed by atoms with E-state index in [1.165, 1.54) is 24.3 Å². The summed E-state index contributed by atoms with van der Waals surface area (Å²) in [7, 11) is 0. The lowest BCUT2D eigenvalue weighted by molar-refractivity contribution is -0.143. The van der Waals surface area contributed by atoms with Gasteiger partial charge in [0.1, 0.15) is 0 Å². The van der Waals surface area contributed by atoms with Gasteiger partial charge in [0, 0.05) is 11.6 Å². The molecule has 2 aromatic carbocycles. The van der Waals surface area contributed by atoms with Crippen LogP contribution in [0.15, 0.2) is 48.7 Å². The third-order valence-corrected chi connectivity index (χ3v) is 5.10. The standard InChI is InChI=1S/C23H22ClF3N4O2/c1-3-4-10-28-21(32)17-12-15(24)11-14(2)19(17)30-22(33)18-13-29-31(20(18)23(25,26)27)16-8-6-5-7-9-16/h5-9,11-13H,3-4,10H2,1-2H3,(H,28,32)(H,30,33). The topological polar surface area (TPSA) is 76.0 Å². The highest BCUT2D eigenvalue weighted by molar-refractivity contribution is 6.31. The van der Waals surface area contributed by atoms with Crippen LogP contribution in [-0.4, -0.2) is 28.1 Å². The maximum absolute atomic E-state index is 13.9. The first-order valence-electron chi connectivity index (χ1n) is 10.2. The minimum absolute atomic E-state index is 0.0634. The smallest absolute Gasteiger partial charge is 0.352 e. The Kier molecular flexibility index (Phi) is 7.43. The second-order valence-corrected chi connectivity index (χ2v) is 7.80. The lowest BCUT2D eigenvalue weighted by Gasteiger charge is -2.16. The average Bonchev–Trinajstić information content (AvgIpc) is 3.22. The van der Waals surface area contributed by atoms with Crippen molar-refractivity contribution in [3.63, 3.8) is 0 Å². The van der Waals surface area contributed by atoms with Gasteiger partial charge in [0.2, 0.25) is 0 Å².